The first kappa shape index (κ1) is 24.5. The summed E-state index contributed by atoms with van der Waals surface area (Å²) in [7, 11) is 0. The standard InChI is InChI=1S/C25H24ClN3O6/c1-14-3-12-20-21(13-14)25(33)28(24(20)32)27(15(2)22(30)16-4-8-18(26)9-5-16)23(31)17-6-10-19(11-7-17)29(34)35/h4-11,14-15,20-21H,3,12-13H2,1-2H3/t14-,15-,20+,21+/m1/s1. The van der Waals surface area contributed by atoms with Crippen LogP contribution in [0.4, 0.5) is 5.69 Å². The van der Waals surface area contributed by atoms with Crippen LogP contribution in [0.25, 0.3) is 0 Å². The molecule has 1 saturated carbocycles. The van der Waals surface area contributed by atoms with E-state index < -0.39 is 46.3 Å². The van der Waals surface area contributed by atoms with Crippen molar-refractivity contribution in [1.29, 1.82) is 0 Å². The molecule has 1 aliphatic carbocycles. The lowest BCUT2D eigenvalue weighted by Crippen LogP contribution is -2.56. The molecule has 35 heavy (non-hydrogen) atoms. The van der Waals surface area contributed by atoms with Crippen LogP contribution in [-0.4, -0.2) is 44.5 Å². The van der Waals surface area contributed by atoms with Gasteiger partial charge in [-0.15, -0.1) is 0 Å². The molecule has 9 nitrogen and oxygen atoms in total. The predicted molar refractivity (Wildman–Crippen MR) is 126 cm³/mol. The zero-order valence-electron chi connectivity index (χ0n) is 19.2. The number of hydrogen-bond donors (Lipinski definition) is 0. The minimum absolute atomic E-state index is 0.00944. The van der Waals surface area contributed by atoms with Crippen molar-refractivity contribution in [2.75, 3.05) is 0 Å². The van der Waals surface area contributed by atoms with Gasteiger partial charge < -0.3 is 0 Å². The van der Waals surface area contributed by atoms with Crippen LogP contribution in [-0.2, 0) is 9.59 Å². The summed E-state index contributed by atoms with van der Waals surface area (Å²) in [5, 5.41) is 13.2. The lowest BCUT2D eigenvalue weighted by atomic mass is 9.76. The molecule has 0 radical (unpaired) electrons. The van der Waals surface area contributed by atoms with Gasteiger partial charge in [0.05, 0.1) is 16.8 Å². The van der Waals surface area contributed by atoms with Gasteiger partial charge in [0.15, 0.2) is 5.78 Å². The number of halogens is 1. The molecule has 0 bridgehead atoms. The number of nitro groups is 1. The van der Waals surface area contributed by atoms with E-state index >= 15 is 0 Å². The van der Waals surface area contributed by atoms with E-state index in [2.05, 4.69) is 0 Å². The maximum atomic E-state index is 13.6. The van der Waals surface area contributed by atoms with Gasteiger partial charge in [0.2, 0.25) is 0 Å². The van der Waals surface area contributed by atoms with Gasteiger partial charge in [-0.2, -0.15) is 5.01 Å². The van der Waals surface area contributed by atoms with Gasteiger partial charge in [0.25, 0.3) is 23.4 Å². The average molecular weight is 498 g/mol. The zero-order valence-corrected chi connectivity index (χ0v) is 20.0. The summed E-state index contributed by atoms with van der Waals surface area (Å²) in [4.78, 5) is 64.2. The van der Waals surface area contributed by atoms with E-state index in [1.54, 1.807) is 0 Å². The molecule has 0 unspecified atom stereocenters. The van der Waals surface area contributed by atoms with Crippen molar-refractivity contribution in [3.05, 3.63) is 74.8 Å². The van der Waals surface area contributed by atoms with Crippen LogP contribution in [0.5, 0.6) is 0 Å². The van der Waals surface area contributed by atoms with Gasteiger partial charge in [-0.25, -0.2) is 5.01 Å². The third-order valence-electron chi connectivity index (χ3n) is 6.79. The summed E-state index contributed by atoms with van der Waals surface area (Å²) in [6, 6.07) is 9.68. The lowest BCUT2D eigenvalue weighted by molar-refractivity contribution is -0.384. The molecular formula is C25H24ClN3O6. The maximum absolute atomic E-state index is 13.6. The lowest BCUT2D eigenvalue weighted by Gasteiger charge is -2.34. The van der Waals surface area contributed by atoms with Crippen LogP contribution < -0.4 is 0 Å². The molecule has 4 atom stereocenters. The summed E-state index contributed by atoms with van der Waals surface area (Å²) in [5.74, 6) is -3.08. The highest BCUT2D eigenvalue weighted by Gasteiger charge is 2.54. The number of fused-ring (bicyclic) bond motifs is 1. The Bertz CT molecular complexity index is 1200. The molecule has 1 saturated heterocycles. The third-order valence-corrected chi connectivity index (χ3v) is 7.04. The second kappa shape index (κ2) is 9.58. The number of benzene rings is 2. The monoisotopic (exact) mass is 497 g/mol. The molecule has 2 aromatic rings. The van der Waals surface area contributed by atoms with E-state index in [0.29, 0.717) is 17.9 Å². The van der Waals surface area contributed by atoms with E-state index in [-0.39, 0.29) is 22.7 Å². The van der Waals surface area contributed by atoms with Gasteiger partial charge in [0, 0.05) is 28.3 Å². The Kier molecular flexibility index (Phi) is 6.71. The molecule has 0 aromatic heterocycles. The molecule has 182 valence electrons. The van der Waals surface area contributed by atoms with Gasteiger partial charge in [-0.05, 0) is 68.5 Å². The minimum atomic E-state index is -1.20. The molecule has 10 heteroatoms. The van der Waals surface area contributed by atoms with Crippen LogP contribution in [0.1, 0.15) is 53.8 Å². The van der Waals surface area contributed by atoms with Crippen molar-refractivity contribution in [1.82, 2.24) is 10.0 Å². The van der Waals surface area contributed by atoms with E-state index in [1.807, 2.05) is 6.92 Å². The SMILES string of the molecule is C[C@@H]1CC[C@@H]2C(=O)N(N(C(=O)c3ccc([N+](=O)[O-])cc3)[C@H](C)C(=O)c3ccc(Cl)cc3)C(=O)[C@H]2C1. The van der Waals surface area contributed by atoms with Gasteiger partial charge >= 0.3 is 0 Å². The fourth-order valence-electron chi connectivity index (χ4n) is 4.85. The summed E-state index contributed by atoms with van der Waals surface area (Å²) in [6.45, 7) is 3.47. The Morgan fingerprint density at radius 2 is 1.57 bits per heavy atom. The maximum Gasteiger partial charge on any atom is 0.273 e. The van der Waals surface area contributed by atoms with Crippen LogP contribution >= 0.6 is 11.6 Å². The predicted octanol–water partition coefficient (Wildman–Crippen LogP) is 4.30. The Morgan fingerprint density at radius 1 is 1.00 bits per heavy atom. The molecule has 2 fully saturated rings. The number of imide groups is 1. The highest BCUT2D eigenvalue weighted by atomic mass is 35.5. The number of nitro benzene ring substituents is 1. The number of carbonyl (C=O) groups excluding carboxylic acids is 4. The number of hydrazine groups is 1. The molecular weight excluding hydrogens is 474 g/mol. The third kappa shape index (κ3) is 4.55. The van der Waals surface area contributed by atoms with Crippen LogP contribution in [0.3, 0.4) is 0 Å². The fraction of sp³-hybridized carbons (Fsp3) is 0.360. The number of rotatable bonds is 6. The van der Waals surface area contributed by atoms with Gasteiger partial charge in [-0.1, -0.05) is 18.5 Å². The number of amides is 3. The van der Waals surface area contributed by atoms with E-state index in [0.717, 1.165) is 28.6 Å². The van der Waals surface area contributed by atoms with Crippen molar-refractivity contribution in [3.63, 3.8) is 0 Å². The highest BCUT2D eigenvalue weighted by molar-refractivity contribution is 6.30. The van der Waals surface area contributed by atoms with E-state index in [4.69, 9.17) is 11.6 Å². The summed E-state index contributed by atoms with van der Waals surface area (Å²) >= 11 is 5.93. The largest absolute Gasteiger partial charge is 0.292 e. The fourth-order valence-corrected chi connectivity index (χ4v) is 4.97. The molecule has 2 aromatic carbocycles. The average Bonchev–Trinajstić information content (AvgIpc) is 3.08. The van der Waals surface area contributed by atoms with Crippen molar-refractivity contribution in [3.8, 4) is 0 Å². The van der Waals surface area contributed by atoms with Crippen molar-refractivity contribution < 1.29 is 24.1 Å². The zero-order chi connectivity index (χ0) is 25.4. The highest BCUT2D eigenvalue weighted by Crippen LogP contribution is 2.41. The van der Waals surface area contributed by atoms with Gasteiger partial charge in [0.1, 0.15) is 6.04 Å². The number of ketones is 1. The smallest absolute Gasteiger partial charge is 0.273 e. The van der Waals surface area contributed by atoms with Crippen LogP contribution in [0, 0.1) is 27.9 Å². The Labute approximate surface area is 206 Å². The number of non-ortho nitro benzene ring substituents is 1. The molecule has 1 heterocycles. The van der Waals surface area contributed by atoms with E-state index in [1.165, 1.54) is 43.3 Å². The number of hydrogen-bond acceptors (Lipinski definition) is 6. The normalized spacial score (nSPS) is 22.5. The van der Waals surface area contributed by atoms with Gasteiger partial charge in [-0.3, -0.25) is 29.3 Å². The number of Topliss-reactive ketones (excluding diaryl/α,β-unsaturated/α-hetero) is 1. The molecule has 1 aliphatic heterocycles. The molecule has 0 spiro atoms. The summed E-state index contributed by atoms with van der Waals surface area (Å²) in [6.07, 6.45) is 1.86. The molecule has 0 N–H and O–H groups in total. The molecule has 4 rings (SSSR count). The second-order valence-corrected chi connectivity index (χ2v) is 9.56. The first-order valence-electron chi connectivity index (χ1n) is 11.4. The van der Waals surface area contributed by atoms with E-state index in [9.17, 15) is 29.3 Å². The van der Waals surface area contributed by atoms with Crippen molar-refractivity contribution >= 4 is 40.8 Å². The second-order valence-electron chi connectivity index (χ2n) is 9.12. The van der Waals surface area contributed by atoms with Crippen LogP contribution in [0.15, 0.2) is 48.5 Å². The topological polar surface area (TPSA) is 118 Å². The summed E-state index contributed by atoms with van der Waals surface area (Å²) < 4.78 is 0. The van der Waals surface area contributed by atoms with Crippen molar-refractivity contribution in [2.45, 2.75) is 39.2 Å². The Morgan fingerprint density at radius 3 is 2.17 bits per heavy atom. The molecule has 2 aliphatic rings. The van der Waals surface area contributed by atoms with Crippen molar-refractivity contribution in [2.24, 2.45) is 17.8 Å². The number of nitrogens with zero attached hydrogens (tertiary/aromatic N) is 3. The first-order chi connectivity index (χ1) is 16.6. The Hall–Kier alpha value is -3.59. The minimum Gasteiger partial charge on any atom is -0.292 e. The molecule has 3 amide bonds. The quantitative estimate of drug-likeness (QED) is 0.254. The number of carbonyl (C=O) groups is 4. The Balaban J connectivity index is 1.74. The summed E-state index contributed by atoms with van der Waals surface area (Å²) in [5.41, 5.74) is 0.0513. The first-order valence-corrected chi connectivity index (χ1v) is 11.7. The van der Waals surface area contributed by atoms with Crippen LogP contribution in [0.2, 0.25) is 5.02 Å².